The summed E-state index contributed by atoms with van der Waals surface area (Å²) in [6.45, 7) is 0.517. The molecule has 0 bridgehead atoms. The van der Waals surface area contributed by atoms with Crippen LogP contribution in [0.15, 0.2) is 12.3 Å². The van der Waals surface area contributed by atoms with E-state index >= 15 is 0 Å². The molecule has 0 saturated heterocycles. The van der Waals surface area contributed by atoms with Crippen LogP contribution in [0.2, 0.25) is 0 Å². The zero-order chi connectivity index (χ0) is 6.10. The highest BCUT2D eigenvalue weighted by molar-refractivity contribution is 5.51. The lowest BCUT2D eigenvalue weighted by molar-refractivity contribution is 0.371. The summed E-state index contributed by atoms with van der Waals surface area (Å²) in [6.07, 6.45) is 1.68. The molecule has 1 aromatic heterocycles. The predicted molar refractivity (Wildman–Crippen MR) is 32.2 cm³/mol. The minimum absolute atomic E-state index is 0.517. The number of hydrogen-bond acceptors (Lipinski definition) is 3. The van der Waals surface area contributed by atoms with Crippen LogP contribution in [-0.2, 0) is 0 Å². The van der Waals surface area contributed by atoms with Gasteiger partial charge in [-0.25, -0.2) is 4.98 Å². The van der Waals surface area contributed by atoms with E-state index in [0.717, 1.165) is 11.6 Å². The average Bonchev–Trinajstić information content (AvgIpc) is 2.33. The number of pyridine rings is 1. The highest BCUT2D eigenvalue weighted by atomic mass is 16.5. The van der Waals surface area contributed by atoms with Gasteiger partial charge in [-0.3, -0.25) is 0 Å². The summed E-state index contributed by atoms with van der Waals surface area (Å²) in [6, 6.07) is 4.63. The highest BCUT2D eigenvalue weighted by Gasteiger charge is 2.09. The molecule has 9 heavy (non-hydrogen) atoms. The summed E-state index contributed by atoms with van der Waals surface area (Å²) in [5, 5.41) is 2.94. The Morgan fingerprint density at radius 2 is 2.78 bits per heavy atom. The van der Waals surface area contributed by atoms with Crippen molar-refractivity contribution >= 4 is 5.82 Å². The van der Waals surface area contributed by atoms with Crippen molar-refractivity contribution in [1.82, 2.24) is 4.98 Å². The van der Waals surface area contributed by atoms with E-state index in [-0.39, 0.29) is 0 Å². The third kappa shape index (κ3) is 0.614. The second-order valence-corrected chi connectivity index (χ2v) is 1.73. The van der Waals surface area contributed by atoms with Gasteiger partial charge in [0.1, 0.15) is 0 Å². The first-order valence-electron chi connectivity index (χ1n) is 2.70. The topological polar surface area (TPSA) is 34.1 Å². The second kappa shape index (κ2) is 1.62. The Morgan fingerprint density at radius 3 is 3.67 bits per heavy atom. The molecule has 1 radical (unpaired) electrons. The molecule has 3 nitrogen and oxygen atoms in total. The first-order chi connectivity index (χ1) is 4.47. The number of hydrogen-bond donors (Lipinski definition) is 1. The van der Waals surface area contributed by atoms with Gasteiger partial charge in [-0.1, -0.05) is 0 Å². The van der Waals surface area contributed by atoms with Crippen molar-refractivity contribution in [3.05, 3.63) is 18.3 Å². The summed E-state index contributed by atoms with van der Waals surface area (Å²) < 4.78 is 5.07. The zero-order valence-corrected chi connectivity index (χ0v) is 4.72. The number of fused-ring (bicyclic) bond motifs is 1. The van der Waals surface area contributed by atoms with Gasteiger partial charge in [-0.2, -0.15) is 0 Å². The third-order valence-corrected chi connectivity index (χ3v) is 1.16. The molecule has 0 amide bonds. The van der Waals surface area contributed by atoms with Crippen LogP contribution in [0, 0.1) is 6.07 Å². The summed E-state index contributed by atoms with van der Waals surface area (Å²) in [5.74, 6) is 1.51. The second-order valence-electron chi connectivity index (χ2n) is 1.73. The molecule has 1 aliphatic rings. The van der Waals surface area contributed by atoms with Crippen LogP contribution in [0.4, 0.5) is 5.82 Å². The summed E-state index contributed by atoms with van der Waals surface area (Å²) in [7, 11) is 0. The number of nitrogens with zero attached hydrogens (tertiary/aromatic N) is 1. The number of rotatable bonds is 0. The maximum absolute atomic E-state index is 5.07. The summed E-state index contributed by atoms with van der Waals surface area (Å²) in [4.78, 5) is 3.99. The van der Waals surface area contributed by atoms with E-state index in [9.17, 15) is 0 Å². The van der Waals surface area contributed by atoms with Crippen LogP contribution in [0.3, 0.4) is 0 Å². The fourth-order valence-corrected chi connectivity index (χ4v) is 0.764. The van der Waals surface area contributed by atoms with E-state index in [1.54, 1.807) is 12.3 Å². The summed E-state index contributed by atoms with van der Waals surface area (Å²) >= 11 is 0. The summed E-state index contributed by atoms with van der Waals surface area (Å²) in [5.41, 5.74) is 0. The van der Waals surface area contributed by atoms with Crippen LogP contribution in [-0.4, -0.2) is 11.7 Å². The molecule has 0 aromatic carbocycles. The van der Waals surface area contributed by atoms with Gasteiger partial charge in [0.25, 0.3) is 0 Å². The lowest BCUT2D eigenvalue weighted by atomic mass is 10.4. The van der Waals surface area contributed by atoms with E-state index in [0.29, 0.717) is 6.73 Å². The molecule has 0 aliphatic carbocycles. The predicted octanol–water partition coefficient (Wildman–Crippen LogP) is 0.644. The van der Waals surface area contributed by atoms with E-state index < -0.39 is 0 Å². The van der Waals surface area contributed by atoms with Crippen molar-refractivity contribution in [3.8, 4) is 5.75 Å². The van der Waals surface area contributed by atoms with Crippen molar-refractivity contribution in [2.75, 3.05) is 12.0 Å². The molecule has 0 atom stereocenters. The minimum atomic E-state index is 0.517. The maximum atomic E-state index is 5.07. The van der Waals surface area contributed by atoms with Crippen LogP contribution in [0.1, 0.15) is 0 Å². The Morgan fingerprint density at radius 1 is 1.78 bits per heavy atom. The van der Waals surface area contributed by atoms with Crippen molar-refractivity contribution in [3.63, 3.8) is 0 Å². The molecule has 2 heterocycles. The number of aromatic nitrogens is 1. The Labute approximate surface area is 52.7 Å². The van der Waals surface area contributed by atoms with E-state index in [2.05, 4.69) is 16.4 Å². The number of anilines is 1. The monoisotopic (exact) mass is 121 g/mol. The van der Waals surface area contributed by atoms with Gasteiger partial charge in [0.2, 0.25) is 0 Å². The SMILES string of the molecule is [c]1ccnc2c1OCN2. The fraction of sp³-hybridized carbons (Fsp3) is 0.167. The van der Waals surface area contributed by atoms with Gasteiger partial charge in [0, 0.05) is 12.3 Å². The highest BCUT2D eigenvalue weighted by Crippen LogP contribution is 2.23. The van der Waals surface area contributed by atoms with Gasteiger partial charge >= 0.3 is 0 Å². The Hall–Kier alpha value is -1.25. The lowest BCUT2D eigenvalue weighted by Crippen LogP contribution is -1.96. The first-order valence-corrected chi connectivity index (χ1v) is 2.70. The van der Waals surface area contributed by atoms with Crippen LogP contribution in [0.25, 0.3) is 0 Å². The molecule has 0 saturated carbocycles. The zero-order valence-electron chi connectivity index (χ0n) is 4.72. The van der Waals surface area contributed by atoms with Gasteiger partial charge in [0.05, 0.1) is 0 Å². The minimum Gasteiger partial charge on any atom is -0.469 e. The van der Waals surface area contributed by atoms with E-state index in [1.165, 1.54) is 0 Å². The molecule has 1 aromatic rings. The Balaban J connectivity index is 2.54. The number of nitrogens with one attached hydrogen (secondary N) is 1. The quantitative estimate of drug-likeness (QED) is 0.547. The molecule has 45 valence electrons. The molecule has 2 rings (SSSR count). The molecule has 0 unspecified atom stereocenters. The van der Waals surface area contributed by atoms with E-state index in [4.69, 9.17) is 4.74 Å². The third-order valence-electron chi connectivity index (χ3n) is 1.16. The maximum Gasteiger partial charge on any atom is 0.172 e. The van der Waals surface area contributed by atoms with Crippen LogP contribution < -0.4 is 10.1 Å². The van der Waals surface area contributed by atoms with Gasteiger partial charge < -0.3 is 10.1 Å². The molecular weight excluding hydrogens is 116 g/mol. The van der Waals surface area contributed by atoms with Crippen molar-refractivity contribution in [1.29, 1.82) is 0 Å². The number of ether oxygens (including phenoxy) is 1. The van der Waals surface area contributed by atoms with Crippen LogP contribution >= 0.6 is 0 Å². The van der Waals surface area contributed by atoms with Gasteiger partial charge in [-0.05, 0) is 6.07 Å². The van der Waals surface area contributed by atoms with Crippen molar-refractivity contribution in [2.24, 2.45) is 0 Å². The Kier molecular flexibility index (Phi) is 0.828. The lowest BCUT2D eigenvalue weighted by Gasteiger charge is -1.89. The smallest absolute Gasteiger partial charge is 0.172 e. The largest absolute Gasteiger partial charge is 0.469 e. The van der Waals surface area contributed by atoms with Crippen molar-refractivity contribution < 1.29 is 4.74 Å². The average molecular weight is 121 g/mol. The van der Waals surface area contributed by atoms with Gasteiger partial charge in [0.15, 0.2) is 18.3 Å². The molecular formula is C6H5N2O. The van der Waals surface area contributed by atoms with Crippen molar-refractivity contribution in [2.45, 2.75) is 0 Å². The van der Waals surface area contributed by atoms with E-state index in [1.807, 2.05) is 0 Å². The normalized spacial score (nSPS) is 13.8. The molecule has 0 fully saturated rings. The first kappa shape index (κ1) is 4.61. The molecule has 1 N–H and O–H groups in total. The van der Waals surface area contributed by atoms with Crippen LogP contribution in [0.5, 0.6) is 5.75 Å². The Bertz CT molecular complexity index is 201. The van der Waals surface area contributed by atoms with Gasteiger partial charge in [-0.15, -0.1) is 0 Å². The standard InChI is InChI=1S/C6H5N2O/c1-2-5-6(7-3-1)8-4-9-5/h1,3H,4H2,(H,7,8). The fourth-order valence-electron chi connectivity index (χ4n) is 0.764. The molecule has 1 aliphatic heterocycles. The molecule has 0 spiro atoms. The molecule has 3 heteroatoms.